The molecule has 0 N–H and O–H groups in total. The van der Waals surface area contributed by atoms with Gasteiger partial charge in [-0.3, -0.25) is 0 Å². The average Bonchev–Trinajstić information content (AvgIpc) is 3.74. The van der Waals surface area contributed by atoms with Crippen LogP contribution in [0.15, 0.2) is 116 Å². The molecule has 0 bridgehead atoms. The highest BCUT2D eigenvalue weighted by molar-refractivity contribution is 6.62. The van der Waals surface area contributed by atoms with Gasteiger partial charge in [-0.2, -0.15) is 0 Å². The monoisotopic (exact) mass is 590 g/mol. The Kier molecular flexibility index (Phi) is 6.23. The first-order valence-electron chi connectivity index (χ1n) is 15.1. The molecule has 7 aromatic rings. The van der Waals surface area contributed by atoms with E-state index in [4.69, 9.17) is 29.5 Å². The van der Waals surface area contributed by atoms with E-state index in [1.807, 2.05) is 88.2 Å². The fraction of sp³-hybridized carbons (Fsp3) is 0.167. The van der Waals surface area contributed by atoms with Crippen LogP contribution in [0.5, 0.6) is 0 Å². The molecule has 4 aromatic heterocycles. The van der Waals surface area contributed by atoms with Crippen LogP contribution in [0.4, 0.5) is 0 Å². The lowest BCUT2D eigenvalue weighted by atomic mass is 9.77. The molecule has 220 valence electrons. The maximum atomic E-state index is 6.46. The predicted molar refractivity (Wildman–Crippen MR) is 177 cm³/mol. The summed E-state index contributed by atoms with van der Waals surface area (Å²) in [5.74, 6) is 1.19. The van der Waals surface area contributed by atoms with Gasteiger partial charge in [-0.25, -0.2) is 19.0 Å². The van der Waals surface area contributed by atoms with Crippen LogP contribution in [0.3, 0.4) is 0 Å². The SMILES string of the molecule is CC1(C)OB(c2cc(-c3nc4ccc(-c5ccccc5)cn4n3)cc(-c3nc4ccc(-c5ccccc5)cn4n3)c2)OC1(C)C. The summed E-state index contributed by atoms with van der Waals surface area (Å²) in [5, 5.41) is 9.79. The lowest BCUT2D eigenvalue weighted by molar-refractivity contribution is 0.00578. The van der Waals surface area contributed by atoms with Crippen LogP contribution < -0.4 is 5.46 Å². The van der Waals surface area contributed by atoms with Gasteiger partial charge in [-0.1, -0.05) is 72.8 Å². The van der Waals surface area contributed by atoms with Crippen molar-refractivity contribution in [1.29, 1.82) is 0 Å². The molecular formula is C36H31BN6O2. The second kappa shape index (κ2) is 10.2. The molecule has 0 atom stereocenters. The molecule has 0 unspecified atom stereocenters. The van der Waals surface area contributed by atoms with Crippen molar-refractivity contribution in [3.8, 4) is 45.0 Å². The van der Waals surface area contributed by atoms with E-state index in [1.165, 1.54) is 0 Å². The van der Waals surface area contributed by atoms with E-state index in [-0.39, 0.29) is 0 Å². The van der Waals surface area contributed by atoms with E-state index in [0.717, 1.165) is 50.1 Å². The first-order chi connectivity index (χ1) is 21.7. The third kappa shape index (κ3) is 4.90. The summed E-state index contributed by atoms with van der Waals surface area (Å²) in [6.45, 7) is 8.22. The maximum absolute atomic E-state index is 6.46. The highest BCUT2D eigenvalue weighted by Gasteiger charge is 2.51. The van der Waals surface area contributed by atoms with Crippen molar-refractivity contribution < 1.29 is 9.31 Å². The van der Waals surface area contributed by atoms with Crippen molar-refractivity contribution in [3.63, 3.8) is 0 Å². The van der Waals surface area contributed by atoms with E-state index >= 15 is 0 Å². The lowest BCUT2D eigenvalue weighted by Gasteiger charge is -2.32. The second-order valence-corrected chi connectivity index (χ2v) is 12.5. The summed E-state index contributed by atoms with van der Waals surface area (Å²) in [6, 6.07) is 34.8. The molecule has 5 heterocycles. The summed E-state index contributed by atoms with van der Waals surface area (Å²) < 4.78 is 16.6. The van der Waals surface area contributed by atoms with E-state index in [0.29, 0.717) is 11.6 Å². The summed E-state index contributed by atoms with van der Waals surface area (Å²) in [4.78, 5) is 9.78. The largest absolute Gasteiger partial charge is 0.494 e. The van der Waals surface area contributed by atoms with Crippen molar-refractivity contribution in [2.75, 3.05) is 0 Å². The van der Waals surface area contributed by atoms with Gasteiger partial charge in [-0.15, -0.1) is 10.2 Å². The van der Waals surface area contributed by atoms with Crippen LogP contribution >= 0.6 is 0 Å². The number of fused-ring (bicyclic) bond motifs is 2. The van der Waals surface area contributed by atoms with Crippen LogP contribution in [0.1, 0.15) is 27.7 Å². The van der Waals surface area contributed by atoms with Crippen molar-refractivity contribution >= 4 is 23.9 Å². The van der Waals surface area contributed by atoms with Crippen LogP contribution in [0.25, 0.3) is 56.3 Å². The Bertz CT molecular complexity index is 2040. The van der Waals surface area contributed by atoms with Crippen molar-refractivity contribution in [3.05, 3.63) is 116 Å². The topological polar surface area (TPSA) is 78.8 Å². The van der Waals surface area contributed by atoms with Gasteiger partial charge in [0, 0.05) is 34.6 Å². The Morgan fingerprint density at radius 2 is 0.956 bits per heavy atom. The third-order valence-corrected chi connectivity index (χ3v) is 8.87. The van der Waals surface area contributed by atoms with Crippen LogP contribution in [-0.2, 0) is 9.31 Å². The minimum Gasteiger partial charge on any atom is -0.399 e. The minimum absolute atomic E-state index is 0.488. The molecule has 1 aliphatic rings. The standard InChI is InChI=1S/C36H31BN6O2/c1-35(2)36(3,4)45-37(44-35)30-20-28(33-38-31-17-15-26(22-42(31)40-33)24-11-7-5-8-12-24)19-29(21-30)34-39-32-18-16-27(23-43(32)41-34)25-13-9-6-10-14-25/h5-23H,1-4H3. The molecule has 1 saturated heterocycles. The van der Waals surface area contributed by atoms with Gasteiger partial charge in [0.15, 0.2) is 22.9 Å². The van der Waals surface area contributed by atoms with Gasteiger partial charge < -0.3 is 9.31 Å². The molecule has 9 heteroatoms. The lowest BCUT2D eigenvalue weighted by Crippen LogP contribution is -2.41. The maximum Gasteiger partial charge on any atom is 0.494 e. The molecule has 0 radical (unpaired) electrons. The summed E-state index contributed by atoms with van der Waals surface area (Å²) in [5.41, 5.74) is 7.41. The van der Waals surface area contributed by atoms with Crippen molar-refractivity contribution in [1.82, 2.24) is 29.2 Å². The molecule has 8 nitrogen and oxygen atoms in total. The smallest absolute Gasteiger partial charge is 0.399 e. The van der Waals surface area contributed by atoms with Gasteiger partial charge in [0.2, 0.25) is 0 Å². The van der Waals surface area contributed by atoms with Gasteiger partial charge in [0.25, 0.3) is 0 Å². The van der Waals surface area contributed by atoms with Gasteiger partial charge in [0.1, 0.15) is 0 Å². The zero-order valence-corrected chi connectivity index (χ0v) is 25.5. The summed E-state index contributed by atoms with van der Waals surface area (Å²) >= 11 is 0. The zero-order chi connectivity index (χ0) is 30.8. The van der Waals surface area contributed by atoms with Crippen molar-refractivity contribution in [2.24, 2.45) is 0 Å². The number of nitrogens with zero attached hydrogens (tertiary/aromatic N) is 6. The molecule has 1 fully saturated rings. The molecule has 0 spiro atoms. The number of benzene rings is 3. The van der Waals surface area contributed by atoms with Crippen LogP contribution in [0.2, 0.25) is 0 Å². The highest BCUT2D eigenvalue weighted by atomic mass is 16.7. The molecule has 0 saturated carbocycles. The van der Waals surface area contributed by atoms with Crippen LogP contribution in [-0.4, -0.2) is 47.5 Å². The normalized spacial score (nSPS) is 15.7. The molecule has 0 amide bonds. The van der Waals surface area contributed by atoms with E-state index in [1.54, 1.807) is 0 Å². The van der Waals surface area contributed by atoms with E-state index in [2.05, 4.69) is 64.1 Å². The molecule has 8 rings (SSSR count). The molecule has 1 aliphatic heterocycles. The Hall–Kier alpha value is -5.12. The average molecular weight is 590 g/mol. The first-order valence-corrected chi connectivity index (χ1v) is 15.1. The second-order valence-electron chi connectivity index (χ2n) is 12.5. The number of pyridine rings is 2. The Balaban J connectivity index is 1.24. The minimum atomic E-state index is -0.572. The Labute approximate surface area is 261 Å². The van der Waals surface area contributed by atoms with Gasteiger partial charge in [-0.05, 0) is 74.6 Å². The molecule has 0 aliphatic carbocycles. The summed E-state index contributed by atoms with van der Waals surface area (Å²) in [6.07, 6.45) is 4.02. The van der Waals surface area contributed by atoms with Crippen LogP contribution in [0, 0.1) is 0 Å². The fourth-order valence-electron chi connectivity index (χ4n) is 5.64. The highest BCUT2D eigenvalue weighted by Crippen LogP contribution is 2.37. The van der Waals surface area contributed by atoms with Gasteiger partial charge >= 0.3 is 7.12 Å². The summed E-state index contributed by atoms with van der Waals surface area (Å²) in [7, 11) is -0.572. The quantitative estimate of drug-likeness (QED) is 0.207. The molecule has 3 aromatic carbocycles. The Morgan fingerprint density at radius 3 is 1.40 bits per heavy atom. The van der Waals surface area contributed by atoms with E-state index in [9.17, 15) is 0 Å². The number of aromatic nitrogens is 6. The van der Waals surface area contributed by atoms with E-state index < -0.39 is 18.3 Å². The van der Waals surface area contributed by atoms with Gasteiger partial charge in [0.05, 0.1) is 11.2 Å². The zero-order valence-electron chi connectivity index (χ0n) is 25.5. The predicted octanol–water partition coefficient (Wildman–Crippen LogP) is 6.74. The number of hydrogen-bond donors (Lipinski definition) is 0. The molecular weight excluding hydrogens is 559 g/mol. The Morgan fingerprint density at radius 1 is 0.511 bits per heavy atom. The molecule has 45 heavy (non-hydrogen) atoms. The number of rotatable bonds is 5. The third-order valence-electron chi connectivity index (χ3n) is 8.87. The fourth-order valence-corrected chi connectivity index (χ4v) is 5.64. The first kappa shape index (κ1) is 27.4. The van der Waals surface area contributed by atoms with Crippen molar-refractivity contribution in [2.45, 2.75) is 38.9 Å². The number of hydrogen-bond acceptors (Lipinski definition) is 6.